The molecule has 0 amide bonds. The van der Waals surface area contributed by atoms with Crippen molar-refractivity contribution in [1.82, 2.24) is 0 Å². The van der Waals surface area contributed by atoms with Crippen LogP contribution in [0.5, 0.6) is 0 Å². The van der Waals surface area contributed by atoms with Crippen LogP contribution in [-0.2, 0) is 0 Å². The van der Waals surface area contributed by atoms with E-state index in [1.807, 2.05) is 0 Å². The Morgan fingerprint density at radius 1 is 0.692 bits per heavy atom. The van der Waals surface area contributed by atoms with E-state index in [2.05, 4.69) is 0 Å². The third kappa shape index (κ3) is 0.439. The van der Waals surface area contributed by atoms with Crippen LogP contribution in [0.25, 0.3) is 0 Å². The maximum Gasteiger partial charge on any atom is 0.0605 e. The summed E-state index contributed by atoms with van der Waals surface area (Å²) in [7, 11) is 0. The number of hydrogen-bond acceptors (Lipinski definition) is 1. The zero-order valence-electron chi connectivity index (χ0n) is 7.76. The van der Waals surface area contributed by atoms with Gasteiger partial charge in [-0.3, -0.25) is 0 Å². The molecule has 0 aliphatic heterocycles. The first-order valence-corrected chi connectivity index (χ1v) is 6.04. The van der Waals surface area contributed by atoms with Crippen LogP contribution >= 0.6 is 0 Å². The Labute approximate surface area is 78.5 Å². The van der Waals surface area contributed by atoms with E-state index >= 15 is 0 Å². The van der Waals surface area contributed by atoms with Crippen LogP contribution in [0.4, 0.5) is 0 Å². The van der Waals surface area contributed by atoms with Crippen LogP contribution in [-0.4, -0.2) is 11.2 Å². The molecule has 1 N–H and O–H groups in total. The van der Waals surface area contributed by atoms with Gasteiger partial charge in [0.25, 0.3) is 0 Å². The molecule has 70 valence electrons. The van der Waals surface area contributed by atoms with Gasteiger partial charge in [-0.15, -0.1) is 0 Å². The molecule has 5 fully saturated rings. The first-order valence-electron chi connectivity index (χ1n) is 6.04. The van der Waals surface area contributed by atoms with Gasteiger partial charge in [-0.2, -0.15) is 0 Å². The Morgan fingerprint density at radius 2 is 1.46 bits per heavy atom. The monoisotopic (exact) mass is 176 g/mol. The van der Waals surface area contributed by atoms with E-state index in [4.69, 9.17) is 0 Å². The Hall–Kier alpha value is -0.0400. The normalized spacial score (nSPS) is 80.5. The summed E-state index contributed by atoms with van der Waals surface area (Å²) in [6.45, 7) is 0. The van der Waals surface area contributed by atoms with Gasteiger partial charge in [0.2, 0.25) is 0 Å². The first kappa shape index (κ1) is 6.44. The molecule has 0 saturated heterocycles. The Kier molecular flexibility index (Phi) is 0.793. The van der Waals surface area contributed by atoms with Gasteiger partial charge >= 0.3 is 0 Å². The molecule has 0 heterocycles. The van der Waals surface area contributed by atoms with E-state index in [9.17, 15) is 5.11 Å². The van der Waals surface area contributed by atoms with Crippen LogP contribution in [0, 0.1) is 47.3 Å². The Bertz CT molecular complexity index is 290. The van der Waals surface area contributed by atoms with Gasteiger partial charge in [-0.25, -0.2) is 0 Å². The van der Waals surface area contributed by atoms with Gasteiger partial charge in [0, 0.05) is 0 Å². The lowest BCUT2D eigenvalue weighted by Crippen LogP contribution is -2.32. The molecule has 5 aliphatic rings. The van der Waals surface area contributed by atoms with Crippen LogP contribution in [0.2, 0.25) is 0 Å². The van der Waals surface area contributed by atoms with E-state index in [1.54, 1.807) is 6.42 Å². The van der Waals surface area contributed by atoms with Crippen molar-refractivity contribution in [2.75, 3.05) is 0 Å². The van der Waals surface area contributed by atoms with Gasteiger partial charge in [-0.1, -0.05) is 0 Å². The predicted octanol–water partition coefficient (Wildman–Crippen LogP) is 1.52. The highest BCUT2D eigenvalue weighted by Gasteiger charge is 2.75. The molecule has 5 saturated carbocycles. The second-order valence-corrected chi connectivity index (χ2v) is 6.35. The van der Waals surface area contributed by atoms with E-state index in [-0.39, 0.29) is 6.10 Å². The summed E-state index contributed by atoms with van der Waals surface area (Å²) in [4.78, 5) is 0. The largest absolute Gasteiger partial charge is 0.393 e. The fourth-order valence-corrected chi connectivity index (χ4v) is 6.70. The predicted molar refractivity (Wildman–Crippen MR) is 47.8 cm³/mol. The van der Waals surface area contributed by atoms with Crippen LogP contribution in [0.1, 0.15) is 19.3 Å². The summed E-state index contributed by atoms with van der Waals surface area (Å²) in [5, 5.41) is 10.2. The van der Waals surface area contributed by atoms with Crippen molar-refractivity contribution in [2.24, 2.45) is 47.3 Å². The smallest absolute Gasteiger partial charge is 0.0605 e. The van der Waals surface area contributed by atoms with Crippen molar-refractivity contribution in [3.8, 4) is 0 Å². The van der Waals surface area contributed by atoms with Crippen molar-refractivity contribution < 1.29 is 5.11 Å². The van der Waals surface area contributed by atoms with Crippen LogP contribution < -0.4 is 0 Å². The zero-order valence-corrected chi connectivity index (χ0v) is 7.76. The first-order chi connectivity index (χ1) is 6.36. The third-order valence-electron chi connectivity index (χ3n) is 6.54. The lowest BCUT2D eigenvalue weighted by atomic mass is 9.77. The summed E-state index contributed by atoms with van der Waals surface area (Å²) in [5.41, 5.74) is 0. The van der Waals surface area contributed by atoms with Crippen molar-refractivity contribution in [1.29, 1.82) is 0 Å². The molecule has 5 rings (SSSR count). The Balaban J connectivity index is 1.82. The molecule has 5 aliphatic carbocycles. The number of rotatable bonds is 0. The highest BCUT2D eigenvalue weighted by molar-refractivity contribution is 5.23. The molecule has 13 heavy (non-hydrogen) atoms. The molecular formula is C12H16O. The molecule has 0 radical (unpaired) electrons. The fourth-order valence-electron chi connectivity index (χ4n) is 6.70. The van der Waals surface area contributed by atoms with Gasteiger partial charge in [0.05, 0.1) is 6.10 Å². The lowest BCUT2D eigenvalue weighted by Gasteiger charge is -2.30. The minimum atomic E-state index is 0.131. The number of aliphatic hydroxyl groups is 1. The van der Waals surface area contributed by atoms with E-state index in [1.165, 1.54) is 12.8 Å². The maximum atomic E-state index is 10.2. The molecule has 1 heteroatoms. The molecule has 0 aromatic rings. The van der Waals surface area contributed by atoms with Gasteiger partial charge < -0.3 is 5.11 Å². The topological polar surface area (TPSA) is 20.2 Å². The van der Waals surface area contributed by atoms with Gasteiger partial charge in [-0.05, 0) is 66.6 Å². The second kappa shape index (κ2) is 1.60. The van der Waals surface area contributed by atoms with E-state index in [0.717, 1.165) is 47.3 Å². The Morgan fingerprint density at radius 3 is 2.31 bits per heavy atom. The van der Waals surface area contributed by atoms with Crippen LogP contribution in [0.15, 0.2) is 0 Å². The molecule has 0 spiro atoms. The van der Waals surface area contributed by atoms with Crippen molar-refractivity contribution in [2.45, 2.75) is 25.4 Å². The average Bonchev–Trinajstić information content (AvgIpc) is 2.74. The standard InChI is InChI=1S/C12H16O/c13-12-8-3-7-10-5-1-4(9(8)10)2-6(5)11(7)12/h4-13H,1-3H2/t4-,5-,6?,7-,8-,9-,10+,11?,12?/m0/s1. The molecule has 0 aromatic heterocycles. The van der Waals surface area contributed by atoms with Crippen molar-refractivity contribution in [3.63, 3.8) is 0 Å². The summed E-state index contributed by atoms with van der Waals surface area (Å²) < 4.78 is 0. The highest BCUT2D eigenvalue weighted by Crippen LogP contribution is 2.78. The van der Waals surface area contributed by atoms with Crippen molar-refractivity contribution >= 4 is 0 Å². The van der Waals surface area contributed by atoms with Crippen LogP contribution in [0.3, 0.4) is 0 Å². The van der Waals surface area contributed by atoms with E-state index in [0.29, 0.717) is 0 Å². The van der Waals surface area contributed by atoms with Gasteiger partial charge in [0.1, 0.15) is 0 Å². The molecule has 4 bridgehead atoms. The molecule has 3 unspecified atom stereocenters. The summed E-state index contributed by atoms with van der Waals surface area (Å²) >= 11 is 0. The summed E-state index contributed by atoms with van der Waals surface area (Å²) in [5.74, 6) is 7.68. The third-order valence-corrected chi connectivity index (χ3v) is 6.54. The SMILES string of the molecule is OC1C2C3C[C@@H]4C[C@@H]3[C@H]3[C@@H]4[C@@H]1C[C@H]23. The number of aliphatic hydroxyl groups excluding tert-OH is 1. The summed E-state index contributed by atoms with van der Waals surface area (Å²) in [6, 6.07) is 0. The summed E-state index contributed by atoms with van der Waals surface area (Å²) in [6.07, 6.45) is 4.59. The minimum absolute atomic E-state index is 0.131. The maximum absolute atomic E-state index is 10.2. The van der Waals surface area contributed by atoms with Gasteiger partial charge in [0.15, 0.2) is 0 Å². The lowest BCUT2D eigenvalue weighted by molar-refractivity contribution is 0.0327. The zero-order chi connectivity index (χ0) is 8.32. The molecule has 0 aromatic carbocycles. The van der Waals surface area contributed by atoms with E-state index < -0.39 is 0 Å². The highest BCUT2D eigenvalue weighted by atomic mass is 16.3. The van der Waals surface area contributed by atoms with Crippen molar-refractivity contribution in [3.05, 3.63) is 0 Å². The second-order valence-electron chi connectivity index (χ2n) is 6.35. The molecular weight excluding hydrogens is 160 g/mol. The molecule has 9 atom stereocenters. The minimum Gasteiger partial charge on any atom is -0.393 e. The quantitative estimate of drug-likeness (QED) is 0.593. The number of hydrogen-bond donors (Lipinski definition) is 1. The molecule has 1 nitrogen and oxygen atoms in total. The fraction of sp³-hybridized carbons (Fsp3) is 1.00. The average molecular weight is 176 g/mol. The number of fused-ring (bicyclic) bond motifs is 5.